The summed E-state index contributed by atoms with van der Waals surface area (Å²) >= 11 is 1.35. The molecule has 0 atom stereocenters. The lowest BCUT2D eigenvalue weighted by atomic mass is 10.2. The van der Waals surface area contributed by atoms with Crippen LogP contribution in [0.15, 0.2) is 29.3 Å². The van der Waals surface area contributed by atoms with E-state index in [1.807, 2.05) is 38.1 Å². The standard InChI is InChI=1S/C16H18N2O3S/c1-5-14-15(21-12(4)20)18(11(3)19)16(22-14)17-13-8-6-10(2)7-9-13/h6-9H,5H2,1-4H3. The largest absolute Gasteiger partial charge is 0.408 e. The van der Waals surface area contributed by atoms with Crippen molar-refractivity contribution in [1.82, 2.24) is 4.57 Å². The van der Waals surface area contributed by atoms with E-state index in [-0.39, 0.29) is 11.8 Å². The van der Waals surface area contributed by atoms with Gasteiger partial charge in [0.15, 0.2) is 4.80 Å². The maximum Gasteiger partial charge on any atom is 0.309 e. The third kappa shape index (κ3) is 3.51. The number of hydrogen-bond donors (Lipinski definition) is 0. The Kier molecular flexibility index (Phi) is 4.92. The molecule has 0 saturated heterocycles. The second kappa shape index (κ2) is 6.70. The van der Waals surface area contributed by atoms with Gasteiger partial charge >= 0.3 is 5.97 Å². The molecular formula is C16H18N2O3S. The van der Waals surface area contributed by atoms with E-state index in [1.54, 1.807) is 0 Å². The van der Waals surface area contributed by atoms with Gasteiger partial charge in [-0.05, 0) is 25.5 Å². The molecule has 0 radical (unpaired) electrons. The van der Waals surface area contributed by atoms with Crippen LogP contribution in [0.5, 0.6) is 5.88 Å². The Morgan fingerprint density at radius 3 is 2.36 bits per heavy atom. The van der Waals surface area contributed by atoms with Crippen molar-refractivity contribution >= 4 is 28.9 Å². The number of carbonyl (C=O) groups excluding carboxylic acids is 2. The minimum Gasteiger partial charge on any atom is -0.408 e. The first-order chi connectivity index (χ1) is 10.4. The second-order valence-corrected chi connectivity index (χ2v) is 5.92. The summed E-state index contributed by atoms with van der Waals surface area (Å²) in [6.07, 6.45) is 0.657. The number of aromatic nitrogens is 1. The molecule has 0 N–H and O–H groups in total. The van der Waals surface area contributed by atoms with Crippen LogP contribution >= 0.6 is 11.3 Å². The third-order valence-corrected chi connectivity index (χ3v) is 4.15. The van der Waals surface area contributed by atoms with Gasteiger partial charge in [-0.15, -0.1) is 0 Å². The number of esters is 1. The van der Waals surface area contributed by atoms with E-state index < -0.39 is 5.97 Å². The molecule has 2 rings (SSSR count). The molecule has 2 aromatic rings. The number of ether oxygens (including phenoxy) is 1. The van der Waals surface area contributed by atoms with E-state index in [4.69, 9.17) is 4.74 Å². The summed E-state index contributed by atoms with van der Waals surface area (Å²) in [4.78, 5) is 29.1. The lowest BCUT2D eigenvalue weighted by Gasteiger charge is -2.05. The average molecular weight is 318 g/mol. The molecule has 0 amide bonds. The quantitative estimate of drug-likeness (QED) is 0.816. The zero-order valence-electron chi connectivity index (χ0n) is 13.0. The Morgan fingerprint density at radius 2 is 1.86 bits per heavy atom. The van der Waals surface area contributed by atoms with Gasteiger partial charge in [-0.1, -0.05) is 36.0 Å². The number of hydrogen-bond acceptors (Lipinski definition) is 5. The van der Waals surface area contributed by atoms with E-state index in [2.05, 4.69) is 4.99 Å². The summed E-state index contributed by atoms with van der Waals surface area (Å²) in [7, 11) is 0. The average Bonchev–Trinajstić information content (AvgIpc) is 2.78. The fraction of sp³-hybridized carbons (Fsp3) is 0.312. The van der Waals surface area contributed by atoms with Crippen LogP contribution in [0.1, 0.15) is 36.0 Å². The molecule has 1 heterocycles. The Bertz CT molecular complexity index is 770. The van der Waals surface area contributed by atoms with Gasteiger partial charge in [0.25, 0.3) is 0 Å². The number of aryl methyl sites for hydroxylation is 2. The van der Waals surface area contributed by atoms with Crippen molar-refractivity contribution in [2.24, 2.45) is 4.99 Å². The normalized spacial score (nSPS) is 11.5. The second-order valence-electron chi connectivity index (χ2n) is 4.86. The highest BCUT2D eigenvalue weighted by Gasteiger charge is 2.18. The first kappa shape index (κ1) is 16.2. The summed E-state index contributed by atoms with van der Waals surface area (Å²) < 4.78 is 6.57. The highest BCUT2D eigenvalue weighted by Crippen LogP contribution is 2.23. The van der Waals surface area contributed by atoms with Crippen LogP contribution in [0, 0.1) is 6.92 Å². The smallest absolute Gasteiger partial charge is 0.309 e. The SMILES string of the molecule is CCc1sc(=Nc2ccc(C)cc2)n(C(C)=O)c1OC(C)=O. The molecule has 0 spiro atoms. The third-order valence-electron chi connectivity index (χ3n) is 2.98. The molecule has 1 aromatic carbocycles. The van der Waals surface area contributed by atoms with Gasteiger partial charge in [0, 0.05) is 13.8 Å². The van der Waals surface area contributed by atoms with Gasteiger partial charge in [0.2, 0.25) is 11.8 Å². The maximum atomic E-state index is 12.0. The summed E-state index contributed by atoms with van der Waals surface area (Å²) in [6.45, 7) is 6.68. The molecule has 0 saturated carbocycles. The summed E-state index contributed by atoms with van der Waals surface area (Å²) in [5.41, 5.74) is 1.89. The van der Waals surface area contributed by atoms with E-state index in [9.17, 15) is 9.59 Å². The van der Waals surface area contributed by atoms with E-state index in [1.165, 1.54) is 29.8 Å². The molecule has 0 fully saturated rings. The van der Waals surface area contributed by atoms with E-state index >= 15 is 0 Å². The van der Waals surface area contributed by atoms with Gasteiger partial charge in [-0.2, -0.15) is 0 Å². The molecule has 1 aromatic heterocycles. The van der Waals surface area contributed by atoms with Crippen molar-refractivity contribution in [1.29, 1.82) is 0 Å². The molecule has 0 aliphatic heterocycles. The minimum atomic E-state index is -0.454. The predicted molar refractivity (Wildman–Crippen MR) is 85.7 cm³/mol. The van der Waals surface area contributed by atoms with Gasteiger partial charge in [0.1, 0.15) is 0 Å². The van der Waals surface area contributed by atoms with E-state index in [0.29, 0.717) is 11.2 Å². The molecule has 0 unspecified atom stereocenters. The zero-order chi connectivity index (χ0) is 16.3. The molecule has 5 nitrogen and oxygen atoms in total. The molecule has 116 valence electrons. The number of thiazole rings is 1. The van der Waals surface area contributed by atoms with Crippen LogP contribution in [-0.4, -0.2) is 16.4 Å². The fourth-order valence-electron chi connectivity index (χ4n) is 1.95. The van der Waals surface area contributed by atoms with Crippen molar-refractivity contribution in [3.05, 3.63) is 39.5 Å². The molecule has 0 aliphatic carbocycles. The molecule has 0 bridgehead atoms. The van der Waals surface area contributed by atoms with Crippen molar-refractivity contribution in [3.8, 4) is 5.88 Å². The minimum absolute atomic E-state index is 0.238. The van der Waals surface area contributed by atoms with Crippen molar-refractivity contribution in [2.45, 2.75) is 34.1 Å². The number of carbonyl (C=O) groups is 2. The summed E-state index contributed by atoms with van der Waals surface area (Å²) in [5.74, 6) is -0.416. The highest BCUT2D eigenvalue weighted by molar-refractivity contribution is 7.09. The van der Waals surface area contributed by atoms with Crippen molar-refractivity contribution in [3.63, 3.8) is 0 Å². The molecular weight excluding hydrogens is 300 g/mol. The Balaban J connectivity index is 2.64. The van der Waals surface area contributed by atoms with Crippen LogP contribution < -0.4 is 9.54 Å². The van der Waals surface area contributed by atoms with Crippen LogP contribution in [0.4, 0.5) is 5.69 Å². The summed E-state index contributed by atoms with van der Waals surface area (Å²) in [5, 5.41) is 0. The van der Waals surface area contributed by atoms with E-state index in [0.717, 1.165) is 16.1 Å². The van der Waals surface area contributed by atoms with Gasteiger partial charge < -0.3 is 4.74 Å². The first-order valence-electron chi connectivity index (χ1n) is 6.97. The predicted octanol–water partition coefficient (Wildman–Crippen LogP) is 3.24. The number of nitrogens with zero attached hydrogens (tertiary/aromatic N) is 2. The molecule has 0 aliphatic rings. The highest BCUT2D eigenvalue weighted by atomic mass is 32.1. The zero-order valence-corrected chi connectivity index (χ0v) is 13.9. The Morgan fingerprint density at radius 1 is 1.23 bits per heavy atom. The van der Waals surface area contributed by atoms with Gasteiger partial charge in [-0.3, -0.25) is 9.59 Å². The van der Waals surface area contributed by atoms with Crippen LogP contribution in [0.2, 0.25) is 0 Å². The Hall–Kier alpha value is -2.21. The molecule has 6 heteroatoms. The summed E-state index contributed by atoms with van der Waals surface area (Å²) in [6, 6.07) is 7.68. The maximum absolute atomic E-state index is 12.0. The van der Waals surface area contributed by atoms with Crippen LogP contribution in [-0.2, 0) is 11.2 Å². The lowest BCUT2D eigenvalue weighted by molar-refractivity contribution is -0.132. The lowest BCUT2D eigenvalue weighted by Crippen LogP contribution is -2.22. The Labute approximate surface area is 132 Å². The number of rotatable bonds is 3. The van der Waals surface area contributed by atoms with Crippen LogP contribution in [0.25, 0.3) is 0 Å². The van der Waals surface area contributed by atoms with Crippen molar-refractivity contribution in [2.75, 3.05) is 0 Å². The molecule has 22 heavy (non-hydrogen) atoms. The van der Waals surface area contributed by atoms with Gasteiger partial charge in [0.05, 0.1) is 10.6 Å². The fourth-order valence-corrected chi connectivity index (χ4v) is 2.99. The monoisotopic (exact) mass is 318 g/mol. The topological polar surface area (TPSA) is 60.7 Å². The first-order valence-corrected chi connectivity index (χ1v) is 7.79. The van der Waals surface area contributed by atoms with Crippen LogP contribution in [0.3, 0.4) is 0 Å². The van der Waals surface area contributed by atoms with Gasteiger partial charge in [-0.25, -0.2) is 9.56 Å². The number of benzene rings is 1. The van der Waals surface area contributed by atoms with Crippen molar-refractivity contribution < 1.29 is 14.3 Å².